The van der Waals surface area contributed by atoms with E-state index >= 15 is 0 Å². The fourth-order valence-electron chi connectivity index (χ4n) is 2.58. The van der Waals surface area contributed by atoms with Gasteiger partial charge in [0.15, 0.2) is 5.75 Å². The molecule has 1 aromatic carbocycles. The molecule has 1 atom stereocenters. The van der Waals surface area contributed by atoms with Crippen LogP contribution in [0.15, 0.2) is 29.1 Å². The molecule has 2 nitrogen and oxygen atoms in total. The average Bonchev–Trinajstić information content (AvgIpc) is 2.47. The van der Waals surface area contributed by atoms with Gasteiger partial charge in [-0.2, -0.15) is 0 Å². The molecule has 0 saturated heterocycles. The van der Waals surface area contributed by atoms with Crippen LogP contribution >= 0.6 is 0 Å². The standard InChI is InChI=1S/C14H18O2/c1-14(2)7-6-11(9-14)10-4-3-5-12(15)13(16)8-10/h3-5,8,11H,6-7,9H2,1-2H3,(H,15,16). The molecule has 1 fully saturated rings. The lowest BCUT2D eigenvalue weighted by Gasteiger charge is -2.16. The van der Waals surface area contributed by atoms with Crippen molar-refractivity contribution in [3.63, 3.8) is 0 Å². The van der Waals surface area contributed by atoms with Crippen molar-refractivity contribution in [2.24, 2.45) is 5.41 Å². The molecule has 0 spiro atoms. The normalized spacial score (nSPS) is 23.2. The summed E-state index contributed by atoms with van der Waals surface area (Å²) in [5.41, 5.74) is 1.17. The minimum atomic E-state index is -0.302. The Labute approximate surface area is 95.9 Å². The maximum Gasteiger partial charge on any atom is 0.220 e. The van der Waals surface area contributed by atoms with Crippen LogP contribution in [0.3, 0.4) is 0 Å². The van der Waals surface area contributed by atoms with Gasteiger partial charge in [-0.25, -0.2) is 0 Å². The van der Waals surface area contributed by atoms with E-state index in [1.807, 2.05) is 6.07 Å². The maximum absolute atomic E-state index is 11.3. The third kappa shape index (κ3) is 2.26. The molecule has 2 rings (SSSR count). The Morgan fingerprint density at radius 2 is 2.12 bits per heavy atom. The molecular formula is C14H18O2. The third-order valence-corrected chi connectivity index (χ3v) is 3.53. The van der Waals surface area contributed by atoms with E-state index in [9.17, 15) is 9.90 Å². The van der Waals surface area contributed by atoms with Gasteiger partial charge in [-0.15, -0.1) is 0 Å². The summed E-state index contributed by atoms with van der Waals surface area (Å²) in [7, 11) is 0. The molecule has 1 unspecified atom stereocenters. The highest BCUT2D eigenvalue weighted by Crippen LogP contribution is 2.45. The van der Waals surface area contributed by atoms with Gasteiger partial charge in [0.05, 0.1) is 0 Å². The number of hydrogen-bond donors (Lipinski definition) is 1. The molecule has 0 amide bonds. The lowest BCUT2D eigenvalue weighted by molar-refractivity contribution is 0.376. The highest BCUT2D eigenvalue weighted by Gasteiger charge is 2.31. The minimum absolute atomic E-state index is 0.135. The van der Waals surface area contributed by atoms with Gasteiger partial charge in [0.25, 0.3) is 0 Å². The Hall–Kier alpha value is -1.31. The molecule has 1 aliphatic rings. The zero-order valence-electron chi connectivity index (χ0n) is 9.86. The Kier molecular flexibility index (Phi) is 2.75. The molecule has 0 bridgehead atoms. The van der Waals surface area contributed by atoms with Crippen molar-refractivity contribution in [1.82, 2.24) is 0 Å². The third-order valence-electron chi connectivity index (χ3n) is 3.53. The van der Waals surface area contributed by atoms with Crippen molar-refractivity contribution in [1.29, 1.82) is 0 Å². The first-order valence-corrected chi connectivity index (χ1v) is 5.81. The molecule has 0 heterocycles. The Morgan fingerprint density at radius 3 is 2.75 bits per heavy atom. The summed E-state index contributed by atoms with van der Waals surface area (Å²) in [5.74, 6) is 0.345. The van der Waals surface area contributed by atoms with E-state index in [0.717, 1.165) is 18.4 Å². The summed E-state index contributed by atoms with van der Waals surface area (Å²) in [4.78, 5) is 11.3. The number of rotatable bonds is 1. The van der Waals surface area contributed by atoms with Gasteiger partial charge in [-0.1, -0.05) is 26.0 Å². The van der Waals surface area contributed by atoms with Gasteiger partial charge in [0.2, 0.25) is 5.43 Å². The van der Waals surface area contributed by atoms with Gasteiger partial charge in [0, 0.05) is 0 Å². The van der Waals surface area contributed by atoms with Crippen molar-refractivity contribution in [2.45, 2.75) is 39.0 Å². The second-order valence-electron chi connectivity index (χ2n) is 5.52. The first-order valence-electron chi connectivity index (χ1n) is 5.81. The van der Waals surface area contributed by atoms with Gasteiger partial charge >= 0.3 is 0 Å². The number of aromatic hydroxyl groups is 1. The summed E-state index contributed by atoms with van der Waals surface area (Å²) in [6.45, 7) is 4.55. The lowest BCUT2D eigenvalue weighted by atomic mass is 9.89. The van der Waals surface area contributed by atoms with Crippen LogP contribution in [0.4, 0.5) is 0 Å². The largest absolute Gasteiger partial charge is 0.504 e. The molecule has 1 aliphatic carbocycles. The van der Waals surface area contributed by atoms with E-state index in [4.69, 9.17) is 0 Å². The monoisotopic (exact) mass is 218 g/mol. The van der Waals surface area contributed by atoms with Crippen LogP contribution < -0.4 is 5.43 Å². The highest BCUT2D eigenvalue weighted by molar-refractivity contribution is 5.29. The van der Waals surface area contributed by atoms with Crippen LogP contribution in [0.25, 0.3) is 0 Å². The molecule has 16 heavy (non-hydrogen) atoms. The van der Waals surface area contributed by atoms with Crippen LogP contribution in [0, 0.1) is 5.41 Å². The van der Waals surface area contributed by atoms with E-state index in [1.54, 1.807) is 12.1 Å². The first-order chi connectivity index (χ1) is 7.48. The smallest absolute Gasteiger partial charge is 0.220 e. The summed E-state index contributed by atoms with van der Waals surface area (Å²) >= 11 is 0. The second kappa shape index (κ2) is 3.93. The molecule has 0 aromatic heterocycles. The molecule has 0 radical (unpaired) electrons. The van der Waals surface area contributed by atoms with Gasteiger partial charge in [0.1, 0.15) is 0 Å². The molecule has 1 aromatic rings. The highest BCUT2D eigenvalue weighted by atomic mass is 16.3. The van der Waals surface area contributed by atoms with Crippen molar-refractivity contribution in [3.05, 3.63) is 40.1 Å². The van der Waals surface area contributed by atoms with Gasteiger partial charge < -0.3 is 5.11 Å². The van der Waals surface area contributed by atoms with E-state index in [2.05, 4.69) is 13.8 Å². The van der Waals surface area contributed by atoms with E-state index in [0.29, 0.717) is 11.3 Å². The number of hydrogen-bond acceptors (Lipinski definition) is 2. The van der Waals surface area contributed by atoms with Crippen LogP contribution in [0.2, 0.25) is 0 Å². The fourth-order valence-corrected chi connectivity index (χ4v) is 2.58. The maximum atomic E-state index is 11.3. The van der Waals surface area contributed by atoms with Crippen molar-refractivity contribution >= 4 is 0 Å². The SMILES string of the molecule is CC1(C)CCC(c2cccc(=O)c(O)c2)C1. The summed E-state index contributed by atoms with van der Waals surface area (Å²) < 4.78 is 0. The van der Waals surface area contributed by atoms with Crippen LogP contribution in [0.5, 0.6) is 5.75 Å². The topological polar surface area (TPSA) is 37.3 Å². The summed E-state index contributed by atoms with van der Waals surface area (Å²) in [6.07, 6.45) is 3.48. The van der Waals surface area contributed by atoms with E-state index in [-0.39, 0.29) is 11.2 Å². The Morgan fingerprint density at radius 1 is 1.38 bits per heavy atom. The first kappa shape index (κ1) is 11.2. The van der Waals surface area contributed by atoms with Crippen LogP contribution in [-0.2, 0) is 0 Å². The lowest BCUT2D eigenvalue weighted by Crippen LogP contribution is -2.04. The fraction of sp³-hybridized carbons (Fsp3) is 0.500. The van der Waals surface area contributed by atoms with E-state index < -0.39 is 0 Å². The molecule has 86 valence electrons. The van der Waals surface area contributed by atoms with Crippen molar-refractivity contribution in [3.8, 4) is 5.75 Å². The second-order valence-corrected chi connectivity index (χ2v) is 5.52. The quantitative estimate of drug-likeness (QED) is 0.786. The predicted molar refractivity (Wildman–Crippen MR) is 64.7 cm³/mol. The Balaban J connectivity index is 2.33. The molecule has 1 N–H and O–H groups in total. The predicted octanol–water partition coefficient (Wildman–Crippen LogP) is 3.05. The molecule has 0 aliphatic heterocycles. The molecular weight excluding hydrogens is 200 g/mol. The molecule has 2 heteroatoms. The van der Waals surface area contributed by atoms with E-state index in [1.165, 1.54) is 12.5 Å². The average molecular weight is 218 g/mol. The van der Waals surface area contributed by atoms with Gasteiger partial charge in [-0.3, -0.25) is 4.79 Å². The van der Waals surface area contributed by atoms with Crippen molar-refractivity contribution < 1.29 is 5.11 Å². The summed E-state index contributed by atoms with van der Waals surface area (Å²) in [5, 5.41) is 9.54. The summed E-state index contributed by atoms with van der Waals surface area (Å²) in [6, 6.07) is 6.74. The molecule has 1 saturated carbocycles. The van der Waals surface area contributed by atoms with Crippen LogP contribution in [0.1, 0.15) is 44.6 Å². The zero-order chi connectivity index (χ0) is 11.8. The van der Waals surface area contributed by atoms with Gasteiger partial charge in [-0.05, 0) is 48.3 Å². The zero-order valence-corrected chi connectivity index (χ0v) is 9.86. The van der Waals surface area contributed by atoms with Crippen LogP contribution in [-0.4, -0.2) is 5.11 Å². The minimum Gasteiger partial charge on any atom is -0.504 e. The Bertz CT molecular complexity index is 449. The van der Waals surface area contributed by atoms with Crippen molar-refractivity contribution in [2.75, 3.05) is 0 Å².